The maximum Gasteiger partial charge on any atom is 0.340 e. The van der Waals surface area contributed by atoms with Gasteiger partial charge in [-0.15, -0.1) is 0 Å². The minimum atomic E-state index is -1.46. The lowest BCUT2D eigenvalue weighted by Crippen LogP contribution is -2.44. The second-order valence-electron chi connectivity index (χ2n) is 3.39. The minimum Gasteiger partial charge on any atom is -0.478 e. The van der Waals surface area contributed by atoms with Gasteiger partial charge in [0.25, 0.3) is 0 Å². The van der Waals surface area contributed by atoms with Crippen molar-refractivity contribution in [2.75, 3.05) is 10.0 Å². The first kappa shape index (κ1) is 14.2. The summed E-state index contributed by atoms with van der Waals surface area (Å²) in [6, 6.07) is 1.63. The number of benzene rings is 1. The number of nitrogens with zero attached hydrogens (tertiary/aromatic N) is 2. The predicted octanol–water partition coefficient (Wildman–Crippen LogP) is -1.10. The van der Waals surface area contributed by atoms with Crippen LogP contribution in [0, 0.1) is 0 Å². The van der Waals surface area contributed by atoms with Crippen molar-refractivity contribution in [1.82, 2.24) is 0 Å². The third-order valence-corrected chi connectivity index (χ3v) is 2.23. The van der Waals surface area contributed by atoms with Crippen LogP contribution in [-0.4, -0.2) is 23.1 Å². The van der Waals surface area contributed by atoms with Gasteiger partial charge in [0.05, 0.1) is 11.4 Å². The van der Waals surface area contributed by atoms with Gasteiger partial charge in [0.15, 0.2) is 0 Å². The van der Waals surface area contributed by atoms with Crippen molar-refractivity contribution in [1.29, 1.82) is 0 Å². The molecule has 0 bridgehead atoms. The number of rotatable bonds is 3. The molecule has 0 saturated carbocycles. The molecular formula is C9H12N6O4. The van der Waals surface area contributed by atoms with E-state index in [1.807, 2.05) is 0 Å². The number of hydrazine groups is 2. The van der Waals surface area contributed by atoms with Crippen LogP contribution in [0.2, 0.25) is 0 Å². The molecule has 1 aromatic rings. The Hall–Kier alpha value is -2.85. The Morgan fingerprint density at radius 2 is 1.32 bits per heavy atom. The van der Waals surface area contributed by atoms with Gasteiger partial charge in [0.1, 0.15) is 5.56 Å². The van der Waals surface area contributed by atoms with Gasteiger partial charge < -0.3 is 16.6 Å². The van der Waals surface area contributed by atoms with Gasteiger partial charge in [0.2, 0.25) is 0 Å². The van der Waals surface area contributed by atoms with E-state index in [1.54, 1.807) is 0 Å². The Labute approximate surface area is 107 Å². The van der Waals surface area contributed by atoms with Crippen molar-refractivity contribution in [2.45, 2.75) is 0 Å². The number of primary amides is 2. The maximum absolute atomic E-state index is 11.2. The first-order valence-electron chi connectivity index (χ1n) is 4.82. The molecule has 0 aliphatic carbocycles. The van der Waals surface area contributed by atoms with Crippen molar-refractivity contribution in [3.63, 3.8) is 0 Å². The number of carboxylic acids is 1. The summed E-state index contributed by atoms with van der Waals surface area (Å²) in [6.07, 6.45) is 0. The van der Waals surface area contributed by atoms with E-state index in [9.17, 15) is 14.4 Å². The van der Waals surface area contributed by atoms with Gasteiger partial charge >= 0.3 is 18.0 Å². The third-order valence-electron chi connectivity index (χ3n) is 2.23. The number of hydrogen-bond donors (Lipinski definition) is 5. The molecule has 0 spiro atoms. The minimum absolute atomic E-state index is 0.228. The first-order valence-corrected chi connectivity index (χ1v) is 4.82. The predicted molar refractivity (Wildman–Crippen MR) is 65.9 cm³/mol. The van der Waals surface area contributed by atoms with Crippen molar-refractivity contribution in [3.05, 3.63) is 23.8 Å². The van der Waals surface area contributed by atoms with Crippen LogP contribution < -0.4 is 33.2 Å². The number of hydrogen-bond acceptors (Lipinski definition) is 5. The lowest BCUT2D eigenvalue weighted by atomic mass is 10.1. The fourth-order valence-electron chi connectivity index (χ4n) is 1.39. The summed E-state index contributed by atoms with van der Waals surface area (Å²) >= 11 is 0. The third kappa shape index (κ3) is 2.70. The summed E-state index contributed by atoms with van der Waals surface area (Å²) in [6.45, 7) is 0. The molecule has 0 aliphatic heterocycles. The normalized spacial score (nSPS) is 9.79. The average molecular weight is 268 g/mol. The highest BCUT2D eigenvalue weighted by atomic mass is 16.4. The quantitative estimate of drug-likeness (QED) is 0.263. The number of amides is 4. The van der Waals surface area contributed by atoms with Gasteiger partial charge in [-0.1, -0.05) is 6.07 Å². The number of aromatic carboxylic acids is 1. The zero-order valence-electron chi connectivity index (χ0n) is 9.61. The topological polar surface area (TPSA) is 182 Å². The molecule has 10 nitrogen and oxygen atoms in total. The van der Waals surface area contributed by atoms with E-state index < -0.39 is 23.6 Å². The fraction of sp³-hybridized carbons (Fsp3) is 0. The molecule has 1 rings (SSSR count). The standard InChI is InChI=1S/C9H12N6O4/c10-8(18)14(12)4-2-1-3-5(6(4)7(16)17)15(13)9(11)19/h1-3H,12-13H2,(H2,10,18)(H2,11,19)(H,16,17). The van der Waals surface area contributed by atoms with Gasteiger partial charge in [-0.05, 0) is 12.1 Å². The van der Waals surface area contributed by atoms with E-state index in [0.717, 1.165) is 0 Å². The van der Waals surface area contributed by atoms with Crippen molar-refractivity contribution in [2.24, 2.45) is 23.2 Å². The Kier molecular flexibility index (Phi) is 3.89. The largest absolute Gasteiger partial charge is 0.478 e. The SMILES string of the molecule is NC(=O)N(N)c1cccc(N(N)C(N)=O)c1C(=O)O. The van der Waals surface area contributed by atoms with Crippen LogP contribution in [0.1, 0.15) is 10.4 Å². The molecule has 0 unspecified atom stereocenters. The summed E-state index contributed by atoms with van der Waals surface area (Å²) in [5.41, 5.74) is 8.97. The molecule has 0 heterocycles. The molecule has 0 saturated heterocycles. The summed E-state index contributed by atoms with van der Waals surface area (Å²) in [5, 5.41) is 9.98. The van der Waals surface area contributed by atoms with Gasteiger partial charge in [-0.3, -0.25) is 0 Å². The molecule has 0 aliphatic rings. The van der Waals surface area contributed by atoms with Crippen LogP contribution in [-0.2, 0) is 0 Å². The summed E-state index contributed by atoms with van der Waals surface area (Å²) in [5.74, 6) is 9.22. The Morgan fingerprint density at radius 3 is 1.58 bits per heavy atom. The molecule has 19 heavy (non-hydrogen) atoms. The molecule has 0 atom stereocenters. The molecular weight excluding hydrogens is 256 g/mol. The van der Waals surface area contributed by atoms with Crippen LogP contribution in [0.15, 0.2) is 18.2 Å². The van der Waals surface area contributed by atoms with Crippen molar-refractivity contribution < 1.29 is 19.5 Å². The monoisotopic (exact) mass is 268 g/mol. The summed E-state index contributed by atoms with van der Waals surface area (Å²) in [4.78, 5) is 33.2. The Balaban J connectivity index is 3.51. The highest BCUT2D eigenvalue weighted by Gasteiger charge is 2.24. The highest BCUT2D eigenvalue weighted by Crippen LogP contribution is 2.28. The van der Waals surface area contributed by atoms with E-state index in [2.05, 4.69) is 0 Å². The first-order chi connectivity index (χ1) is 8.77. The summed E-state index contributed by atoms with van der Waals surface area (Å²) < 4.78 is 0. The van der Waals surface area contributed by atoms with Crippen molar-refractivity contribution >= 4 is 29.4 Å². The van der Waals surface area contributed by atoms with Crippen LogP contribution >= 0.6 is 0 Å². The molecule has 4 amide bonds. The highest BCUT2D eigenvalue weighted by molar-refractivity contribution is 6.07. The number of carbonyl (C=O) groups is 3. The molecule has 1 aromatic carbocycles. The molecule has 0 radical (unpaired) electrons. The zero-order chi connectivity index (χ0) is 14.7. The zero-order valence-corrected chi connectivity index (χ0v) is 9.61. The Bertz CT molecular complexity index is 507. The smallest absolute Gasteiger partial charge is 0.340 e. The van der Waals surface area contributed by atoms with Crippen LogP contribution in [0.25, 0.3) is 0 Å². The van der Waals surface area contributed by atoms with Crippen LogP contribution in [0.3, 0.4) is 0 Å². The van der Waals surface area contributed by atoms with Gasteiger partial charge in [0, 0.05) is 0 Å². The second kappa shape index (κ2) is 5.20. The molecule has 102 valence electrons. The number of carboxylic acid groups (broad SMARTS) is 1. The number of carbonyl (C=O) groups excluding carboxylic acids is 2. The molecule has 10 heteroatoms. The van der Waals surface area contributed by atoms with E-state index in [1.165, 1.54) is 18.2 Å². The maximum atomic E-state index is 11.2. The van der Waals surface area contributed by atoms with Crippen LogP contribution in [0.4, 0.5) is 21.0 Å². The van der Waals surface area contributed by atoms with Gasteiger partial charge in [-0.25, -0.2) is 36.1 Å². The fourth-order valence-corrected chi connectivity index (χ4v) is 1.39. The molecule has 0 aromatic heterocycles. The van der Waals surface area contributed by atoms with E-state index in [0.29, 0.717) is 10.0 Å². The molecule has 0 fully saturated rings. The van der Waals surface area contributed by atoms with Crippen LogP contribution in [0.5, 0.6) is 0 Å². The van der Waals surface area contributed by atoms with Crippen molar-refractivity contribution in [3.8, 4) is 0 Å². The van der Waals surface area contributed by atoms with Gasteiger partial charge in [-0.2, -0.15) is 0 Å². The second-order valence-corrected chi connectivity index (χ2v) is 3.39. The molecule has 9 N–H and O–H groups in total. The lowest BCUT2D eigenvalue weighted by molar-refractivity contribution is 0.0698. The number of nitrogens with two attached hydrogens (primary N) is 4. The average Bonchev–Trinajstić information content (AvgIpc) is 2.35. The number of anilines is 2. The van der Waals surface area contributed by atoms with E-state index >= 15 is 0 Å². The van der Waals surface area contributed by atoms with E-state index in [4.69, 9.17) is 28.3 Å². The number of urea groups is 2. The lowest BCUT2D eigenvalue weighted by Gasteiger charge is -2.21. The Morgan fingerprint density at radius 1 is 0.947 bits per heavy atom. The summed E-state index contributed by atoms with van der Waals surface area (Å²) in [7, 11) is 0. The van der Waals surface area contributed by atoms with E-state index in [-0.39, 0.29) is 11.4 Å².